The van der Waals surface area contributed by atoms with Gasteiger partial charge in [0.2, 0.25) is 0 Å². The molecule has 6 heteroatoms. The molecule has 0 saturated heterocycles. The summed E-state index contributed by atoms with van der Waals surface area (Å²) in [4.78, 5) is 13.8. The maximum absolute atomic E-state index is 11.9. The number of anilines is 2. The SMILES string of the molecule is CN(C)c1cnn(Cc2ccc(Br)c(N)c2)c(=O)c1. The van der Waals surface area contributed by atoms with E-state index in [9.17, 15) is 4.79 Å². The van der Waals surface area contributed by atoms with Gasteiger partial charge in [0.1, 0.15) is 0 Å². The molecule has 2 N–H and O–H groups in total. The fourth-order valence-corrected chi connectivity index (χ4v) is 1.90. The average molecular weight is 323 g/mol. The highest BCUT2D eigenvalue weighted by molar-refractivity contribution is 9.10. The van der Waals surface area contributed by atoms with Gasteiger partial charge in [-0.15, -0.1) is 0 Å². The lowest BCUT2D eigenvalue weighted by Crippen LogP contribution is -2.24. The van der Waals surface area contributed by atoms with Crippen molar-refractivity contribution in [1.29, 1.82) is 0 Å². The van der Waals surface area contributed by atoms with Crippen molar-refractivity contribution in [1.82, 2.24) is 9.78 Å². The van der Waals surface area contributed by atoms with Crippen molar-refractivity contribution in [2.75, 3.05) is 24.7 Å². The van der Waals surface area contributed by atoms with Gasteiger partial charge >= 0.3 is 0 Å². The third-order valence-electron chi connectivity index (χ3n) is 2.76. The van der Waals surface area contributed by atoms with Crippen LogP contribution in [0, 0.1) is 0 Å². The number of hydrogen-bond donors (Lipinski definition) is 1. The molecule has 2 aromatic rings. The highest BCUT2D eigenvalue weighted by Crippen LogP contribution is 2.20. The number of rotatable bonds is 3. The zero-order valence-electron chi connectivity index (χ0n) is 10.8. The fourth-order valence-electron chi connectivity index (χ4n) is 1.65. The second-order valence-electron chi connectivity index (χ2n) is 4.46. The molecular weight excluding hydrogens is 308 g/mol. The number of nitrogens with zero attached hydrogens (tertiary/aromatic N) is 3. The molecule has 1 aromatic carbocycles. The molecule has 0 spiro atoms. The number of benzene rings is 1. The lowest BCUT2D eigenvalue weighted by Gasteiger charge is -2.12. The van der Waals surface area contributed by atoms with E-state index in [0.29, 0.717) is 12.2 Å². The van der Waals surface area contributed by atoms with Gasteiger partial charge in [-0.05, 0) is 33.6 Å². The van der Waals surface area contributed by atoms with Gasteiger partial charge in [-0.1, -0.05) is 6.07 Å². The minimum absolute atomic E-state index is 0.132. The third kappa shape index (κ3) is 3.14. The average Bonchev–Trinajstić information content (AvgIpc) is 2.36. The van der Waals surface area contributed by atoms with Crippen molar-refractivity contribution in [3.8, 4) is 0 Å². The van der Waals surface area contributed by atoms with Crippen LogP contribution >= 0.6 is 15.9 Å². The first-order valence-corrected chi connectivity index (χ1v) is 6.55. The van der Waals surface area contributed by atoms with Crippen LogP contribution in [0.2, 0.25) is 0 Å². The van der Waals surface area contributed by atoms with E-state index in [1.54, 1.807) is 12.3 Å². The van der Waals surface area contributed by atoms with E-state index in [-0.39, 0.29) is 5.56 Å². The summed E-state index contributed by atoms with van der Waals surface area (Å²) >= 11 is 3.34. The lowest BCUT2D eigenvalue weighted by molar-refractivity contribution is 0.638. The Kier molecular flexibility index (Phi) is 3.90. The van der Waals surface area contributed by atoms with E-state index >= 15 is 0 Å². The summed E-state index contributed by atoms with van der Waals surface area (Å²) in [5.41, 5.74) is 8.06. The molecule has 2 rings (SSSR count). The zero-order chi connectivity index (χ0) is 14.0. The summed E-state index contributed by atoms with van der Waals surface area (Å²) in [5, 5.41) is 4.16. The van der Waals surface area contributed by atoms with E-state index in [1.165, 1.54) is 4.68 Å². The molecule has 1 heterocycles. The van der Waals surface area contributed by atoms with Crippen LogP contribution in [0.5, 0.6) is 0 Å². The van der Waals surface area contributed by atoms with Crippen LogP contribution in [0.1, 0.15) is 5.56 Å². The Morgan fingerprint density at radius 2 is 2.11 bits per heavy atom. The van der Waals surface area contributed by atoms with Crippen LogP contribution in [0.3, 0.4) is 0 Å². The minimum Gasteiger partial charge on any atom is -0.398 e. The van der Waals surface area contributed by atoms with Gasteiger partial charge in [0, 0.05) is 30.3 Å². The molecule has 5 nitrogen and oxygen atoms in total. The van der Waals surface area contributed by atoms with E-state index in [0.717, 1.165) is 15.7 Å². The molecule has 0 aliphatic heterocycles. The molecule has 1 aromatic heterocycles. The summed E-state index contributed by atoms with van der Waals surface area (Å²) in [6.45, 7) is 0.407. The van der Waals surface area contributed by atoms with Gasteiger partial charge in [0.25, 0.3) is 5.56 Å². The third-order valence-corrected chi connectivity index (χ3v) is 3.49. The van der Waals surface area contributed by atoms with Gasteiger partial charge in [0.15, 0.2) is 0 Å². The molecule has 0 unspecified atom stereocenters. The number of aromatic nitrogens is 2. The standard InChI is InChI=1S/C13H15BrN4O/c1-17(2)10-6-13(19)18(16-7-10)8-9-3-4-11(14)12(15)5-9/h3-7H,8,15H2,1-2H3. The first kappa shape index (κ1) is 13.6. The quantitative estimate of drug-likeness (QED) is 0.874. The largest absolute Gasteiger partial charge is 0.398 e. The van der Waals surface area contributed by atoms with E-state index in [1.807, 2.05) is 37.2 Å². The van der Waals surface area contributed by atoms with Gasteiger partial charge in [-0.2, -0.15) is 5.10 Å². The number of nitrogen functional groups attached to an aromatic ring is 1. The maximum Gasteiger partial charge on any atom is 0.269 e. The van der Waals surface area contributed by atoms with Crippen molar-refractivity contribution in [3.05, 3.63) is 50.9 Å². The zero-order valence-corrected chi connectivity index (χ0v) is 12.4. The molecular formula is C13H15BrN4O. The Morgan fingerprint density at radius 3 is 2.68 bits per heavy atom. The summed E-state index contributed by atoms with van der Waals surface area (Å²) in [6.07, 6.45) is 1.67. The molecule has 19 heavy (non-hydrogen) atoms. The molecule has 0 aliphatic rings. The van der Waals surface area contributed by atoms with Gasteiger partial charge < -0.3 is 10.6 Å². The minimum atomic E-state index is -0.132. The van der Waals surface area contributed by atoms with E-state index in [2.05, 4.69) is 21.0 Å². The summed E-state index contributed by atoms with van der Waals surface area (Å²) in [5.74, 6) is 0. The highest BCUT2D eigenvalue weighted by atomic mass is 79.9. The molecule has 0 fully saturated rings. The topological polar surface area (TPSA) is 64.2 Å². The molecule has 0 bridgehead atoms. The fraction of sp³-hybridized carbons (Fsp3) is 0.231. The van der Waals surface area contributed by atoms with Crippen LogP contribution in [0.25, 0.3) is 0 Å². The Morgan fingerprint density at radius 1 is 1.37 bits per heavy atom. The number of nitrogens with two attached hydrogens (primary N) is 1. The second kappa shape index (κ2) is 5.44. The van der Waals surface area contributed by atoms with Crippen LogP contribution in [-0.4, -0.2) is 23.9 Å². The summed E-state index contributed by atoms with van der Waals surface area (Å²) in [6, 6.07) is 7.17. The normalized spacial score (nSPS) is 10.5. The van der Waals surface area contributed by atoms with Crippen molar-refractivity contribution >= 4 is 27.3 Å². The van der Waals surface area contributed by atoms with Gasteiger partial charge in [0.05, 0.1) is 18.4 Å². The van der Waals surface area contributed by atoms with Crippen molar-refractivity contribution in [2.24, 2.45) is 0 Å². The smallest absolute Gasteiger partial charge is 0.269 e. The summed E-state index contributed by atoms with van der Waals surface area (Å²) in [7, 11) is 3.74. The molecule has 0 saturated carbocycles. The van der Waals surface area contributed by atoms with Crippen molar-refractivity contribution in [2.45, 2.75) is 6.54 Å². The molecule has 0 radical (unpaired) electrons. The monoisotopic (exact) mass is 322 g/mol. The predicted molar refractivity (Wildman–Crippen MR) is 80.5 cm³/mol. The van der Waals surface area contributed by atoms with Crippen molar-refractivity contribution < 1.29 is 0 Å². The number of halogens is 1. The predicted octanol–water partition coefficient (Wildman–Crippen LogP) is 1.70. The lowest BCUT2D eigenvalue weighted by atomic mass is 10.2. The summed E-state index contributed by atoms with van der Waals surface area (Å²) < 4.78 is 2.26. The van der Waals surface area contributed by atoms with Gasteiger partial charge in [-0.25, -0.2) is 4.68 Å². The van der Waals surface area contributed by atoms with Crippen LogP contribution in [0.15, 0.2) is 39.7 Å². The highest BCUT2D eigenvalue weighted by Gasteiger charge is 2.04. The van der Waals surface area contributed by atoms with Gasteiger partial charge in [-0.3, -0.25) is 4.79 Å². The first-order chi connectivity index (χ1) is 8.97. The molecule has 0 aliphatic carbocycles. The Balaban J connectivity index is 2.28. The molecule has 0 amide bonds. The first-order valence-electron chi connectivity index (χ1n) is 5.76. The Labute approximate surface area is 119 Å². The van der Waals surface area contributed by atoms with E-state index < -0.39 is 0 Å². The Hall–Kier alpha value is -1.82. The van der Waals surface area contributed by atoms with Crippen LogP contribution in [-0.2, 0) is 6.54 Å². The second-order valence-corrected chi connectivity index (χ2v) is 5.31. The molecule has 0 atom stereocenters. The number of hydrogen-bond acceptors (Lipinski definition) is 4. The molecule has 100 valence electrons. The maximum atomic E-state index is 11.9. The van der Waals surface area contributed by atoms with Crippen molar-refractivity contribution in [3.63, 3.8) is 0 Å². The van der Waals surface area contributed by atoms with Crippen LogP contribution in [0.4, 0.5) is 11.4 Å². The Bertz CT molecular complexity index is 651. The van der Waals surface area contributed by atoms with Crippen LogP contribution < -0.4 is 16.2 Å². The van der Waals surface area contributed by atoms with E-state index in [4.69, 9.17) is 5.73 Å².